The minimum absolute atomic E-state index is 0.278. The van der Waals surface area contributed by atoms with Crippen LogP contribution in [0.3, 0.4) is 0 Å². The summed E-state index contributed by atoms with van der Waals surface area (Å²) >= 11 is 0. The number of aromatic nitrogens is 3. The molecule has 0 radical (unpaired) electrons. The number of piperazine rings is 1. The number of halogens is 1. The standard InChI is InChI=1S/C19H20FN5O/c1-26-18-5-2-14(11-21-18)12-24-6-8-25(9-7-24)19-16-4-3-15(20)10-17(16)22-13-23-19/h2-5,10-11,13H,6-9,12H2,1H3. The van der Waals surface area contributed by atoms with Crippen molar-refractivity contribution in [2.45, 2.75) is 6.54 Å². The first-order chi connectivity index (χ1) is 12.7. The Labute approximate surface area is 151 Å². The lowest BCUT2D eigenvalue weighted by molar-refractivity contribution is 0.249. The van der Waals surface area contributed by atoms with Crippen LogP contribution in [0.2, 0.25) is 0 Å². The minimum Gasteiger partial charge on any atom is -0.481 e. The molecule has 1 fully saturated rings. The molecule has 0 N–H and O–H groups in total. The number of benzene rings is 1. The van der Waals surface area contributed by atoms with Crippen molar-refractivity contribution in [1.82, 2.24) is 19.9 Å². The van der Waals surface area contributed by atoms with Gasteiger partial charge in [-0.3, -0.25) is 4.90 Å². The van der Waals surface area contributed by atoms with Gasteiger partial charge in [-0.2, -0.15) is 0 Å². The maximum absolute atomic E-state index is 13.4. The van der Waals surface area contributed by atoms with E-state index in [-0.39, 0.29) is 5.82 Å². The quantitative estimate of drug-likeness (QED) is 0.718. The predicted octanol–water partition coefficient (Wildman–Crippen LogP) is 2.49. The van der Waals surface area contributed by atoms with Gasteiger partial charge in [0.25, 0.3) is 0 Å². The lowest BCUT2D eigenvalue weighted by atomic mass is 10.2. The molecule has 134 valence electrons. The molecule has 1 aliphatic heterocycles. The van der Waals surface area contributed by atoms with Gasteiger partial charge in [0, 0.05) is 56.4 Å². The topological polar surface area (TPSA) is 54.4 Å². The van der Waals surface area contributed by atoms with E-state index in [2.05, 4.69) is 24.8 Å². The van der Waals surface area contributed by atoms with Gasteiger partial charge < -0.3 is 9.64 Å². The van der Waals surface area contributed by atoms with Crippen LogP contribution in [-0.2, 0) is 6.54 Å². The summed E-state index contributed by atoms with van der Waals surface area (Å²) in [5.74, 6) is 1.23. The number of hydrogen-bond acceptors (Lipinski definition) is 6. The molecule has 0 spiro atoms. The molecule has 1 saturated heterocycles. The van der Waals surface area contributed by atoms with Gasteiger partial charge in [0.15, 0.2) is 0 Å². The lowest BCUT2D eigenvalue weighted by Crippen LogP contribution is -2.46. The van der Waals surface area contributed by atoms with E-state index >= 15 is 0 Å². The van der Waals surface area contributed by atoms with Crippen LogP contribution in [0, 0.1) is 5.82 Å². The SMILES string of the molecule is COc1ccc(CN2CCN(c3ncnc4cc(F)ccc34)CC2)cn1. The minimum atomic E-state index is -0.278. The summed E-state index contributed by atoms with van der Waals surface area (Å²) in [4.78, 5) is 17.5. The molecule has 0 bridgehead atoms. The Morgan fingerprint density at radius 1 is 1.04 bits per heavy atom. The fourth-order valence-corrected chi connectivity index (χ4v) is 3.27. The zero-order chi connectivity index (χ0) is 17.9. The number of nitrogens with zero attached hydrogens (tertiary/aromatic N) is 5. The van der Waals surface area contributed by atoms with Gasteiger partial charge >= 0.3 is 0 Å². The molecule has 1 aliphatic rings. The van der Waals surface area contributed by atoms with E-state index < -0.39 is 0 Å². The van der Waals surface area contributed by atoms with Crippen molar-refractivity contribution in [1.29, 1.82) is 0 Å². The fourth-order valence-electron chi connectivity index (χ4n) is 3.27. The first-order valence-electron chi connectivity index (χ1n) is 8.59. The molecule has 26 heavy (non-hydrogen) atoms. The van der Waals surface area contributed by atoms with Crippen LogP contribution in [0.4, 0.5) is 10.2 Å². The molecule has 0 atom stereocenters. The van der Waals surface area contributed by atoms with Gasteiger partial charge in [0.1, 0.15) is 18.0 Å². The lowest BCUT2D eigenvalue weighted by Gasteiger charge is -2.35. The van der Waals surface area contributed by atoms with E-state index in [1.54, 1.807) is 13.2 Å². The Balaban J connectivity index is 1.43. The van der Waals surface area contributed by atoms with Crippen molar-refractivity contribution in [3.8, 4) is 5.88 Å². The van der Waals surface area contributed by atoms with Crippen molar-refractivity contribution in [3.63, 3.8) is 0 Å². The van der Waals surface area contributed by atoms with Crippen LogP contribution in [0.1, 0.15) is 5.56 Å². The molecule has 6 nitrogen and oxygen atoms in total. The first-order valence-corrected chi connectivity index (χ1v) is 8.59. The molecule has 0 aliphatic carbocycles. The average molecular weight is 353 g/mol. The van der Waals surface area contributed by atoms with Crippen molar-refractivity contribution in [3.05, 3.63) is 54.2 Å². The molecule has 1 aromatic carbocycles. The van der Waals surface area contributed by atoms with E-state index in [1.807, 2.05) is 18.3 Å². The molecular formula is C19H20FN5O. The average Bonchev–Trinajstić information content (AvgIpc) is 2.68. The zero-order valence-electron chi connectivity index (χ0n) is 14.6. The summed E-state index contributed by atoms with van der Waals surface area (Å²) in [7, 11) is 1.62. The smallest absolute Gasteiger partial charge is 0.212 e. The monoisotopic (exact) mass is 353 g/mol. The summed E-state index contributed by atoms with van der Waals surface area (Å²) in [6.45, 7) is 4.46. The molecule has 0 amide bonds. The van der Waals surface area contributed by atoms with Gasteiger partial charge in [-0.25, -0.2) is 19.3 Å². The highest BCUT2D eigenvalue weighted by Gasteiger charge is 2.20. The van der Waals surface area contributed by atoms with E-state index in [0.29, 0.717) is 11.4 Å². The van der Waals surface area contributed by atoms with Crippen molar-refractivity contribution in [2.75, 3.05) is 38.2 Å². The second kappa shape index (κ2) is 7.21. The maximum atomic E-state index is 13.4. The highest BCUT2D eigenvalue weighted by atomic mass is 19.1. The summed E-state index contributed by atoms with van der Waals surface area (Å²) in [5, 5.41) is 0.890. The van der Waals surface area contributed by atoms with Crippen LogP contribution in [0.5, 0.6) is 5.88 Å². The summed E-state index contributed by atoms with van der Waals surface area (Å²) in [5.41, 5.74) is 1.81. The third kappa shape index (κ3) is 3.43. The van der Waals surface area contributed by atoms with Crippen LogP contribution < -0.4 is 9.64 Å². The molecule has 3 aromatic rings. The summed E-state index contributed by atoms with van der Waals surface area (Å²) in [6, 6.07) is 8.60. The van der Waals surface area contributed by atoms with E-state index in [4.69, 9.17) is 4.74 Å². The second-order valence-electron chi connectivity index (χ2n) is 6.33. The molecule has 7 heteroatoms. The summed E-state index contributed by atoms with van der Waals surface area (Å²) < 4.78 is 18.5. The molecule has 4 rings (SSSR count). The predicted molar refractivity (Wildman–Crippen MR) is 97.8 cm³/mol. The van der Waals surface area contributed by atoms with Gasteiger partial charge in [-0.15, -0.1) is 0 Å². The van der Waals surface area contributed by atoms with Crippen molar-refractivity contribution < 1.29 is 9.13 Å². The Morgan fingerprint density at radius 3 is 2.62 bits per heavy atom. The highest BCUT2D eigenvalue weighted by Crippen LogP contribution is 2.24. The second-order valence-corrected chi connectivity index (χ2v) is 6.33. The number of fused-ring (bicyclic) bond motifs is 1. The number of rotatable bonds is 4. The Kier molecular flexibility index (Phi) is 4.62. The highest BCUT2D eigenvalue weighted by molar-refractivity contribution is 5.89. The number of anilines is 1. The van der Waals surface area contributed by atoms with E-state index in [9.17, 15) is 4.39 Å². The molecule has 0 unspecified atom stereocenters. The number of methoxy groups -OCH3 is 1. The van der Waals surface area contributed by atoms with Crippen LogP contribution in [0.15, 0.2) is 42.9 Å². The third-order valence-electron chi connectivity index (χ3n) is 4.66. The zero-order valence-corrected chi connectivity index (χ0v) is 14.6. The molecule has 0 saturated carbocycles. The molecular weight excluding hydrogens is 333 g/mol. The van der Waals surface area contributed by atoms with Gasteiger partial charge in [-0.1, -0.05) is 6.07 Å². The molecule has 2 aromatic heterocycles. The molecule has 3 heterocycles. The van der Waals surface area contributed by atoms with E-state index in [0.717, 1.165) is 43.9 Å². The Bertz CT molecular complexity index is 894. The van der Waals surface area contributed by atoms with Crippen molar-refractivity contribution >= 4 is 16.7 Å². The van der Waals surface area contributed by atoms with Crippen molar-refractivity contribution in [2.24, 2.45) is 0 Å². The third-order valence-corrected chi connectivity index (χ3v) is 4.66. The Hall–Kier alpha value is -2.80. The Morgan fingerprint density at radius 2 is 1.88 bits per heavy atom. The first kappa shape index (κ1) is 16.7. The van der Waals surface area contributed by atoms with Gasteiger partial charge in [0.05, 0.1) is 12.6 Å². The fraction of sp³-hybridized carbons (Fsp3) is 0.316. The summed E-state index contributed by atoms with van der Waals surface area (Å²) in [6.07, 6.45) is 3.37. The number of hydrogen-bond donors (Lipinski definition) is 0. The van der Waals surface area contributed by atoms with Crippen LogP contribution >= 0.6 is 0 Å². The van der Waals surface area contributed by atoms with Crippen LogP contribution in [-0.4, -0.2) is 53.1 Å². The maximum Gasteiger partial charge on any atom is 0.212 e. The normalized spacial score (nSPS) is 15.4. The van der Waals surface area contributed by atoms with Crippen LogP contribution in [0.25, 0.3) is 10.9 Å². The van der Waals surface area contributed by atoms with E-state index in [1.165, 1.54) is 24.0 Å². The van der Waals surface area contributed by atoms with Gasteiger partial charge in [-0.05, 0) is 17.7 Å². The number of pyridine rings is 1. The number of ether oxygens (including phenoxy) is 1. The largest absolute Gasteiger partial charge is 0.481 e. The van der Waals surface area contributed by atoms with Gasteiger partial charge in [0.2, 0.25) is 5.88 Å².